The van der Waals surface area contributed by atoms with E-state index in [0.29, 0.717) is 17.5 Å². The maximum absolute atomic E-state index is 13.1. The van der Waals surface area contributed by atoms with Crippen LogP contribution in [-0.4, -0.2) is 13.1 Å². The molecular formula is C16H15F4N3O. The molecule has 2 aromatic rings. The summed E-state index contributed by atoms with van der Waals surface area (Å²) in [7, 11) is 1.47. The summed E-state index contributed by atoms with van der Waals surface area (Å²) in [6.07, 6.45) is -4.67. The molecule has 0 fully saturated rings. The van der Waals surface area contributed by atoms with Crippen molar-refractivity contribution in [1.82, 2.24) is 0 Å². The van der Waals surface area contributed by atoms with Crippen molar-refractivity contribution >= 4 is 11.6 Å². The van der Waals surface area contributed by atoms with Gasteiger partial charge in [0.15, 0.2) is 5.96 Å². The molecule has 8 heteroatoms. The first kappa shape index (κ1) is 17.6. The number of nitrogens with zero attached hydrogens (tertiary/aromatic N) is 1. The summed E-state index contributed by atoms with van der Waals surface area (Å²) in [5, 5.41) is 2.75. The summed E-state index contributed by atoms with van der Waals surface area (Å²) in [6.45, 7) is -0.344. The Kier molecular flexibility index (Phi) is 5.28. The van der Waals surface area contributed by atoms with E-state index < -0.39 is 17.6 Å². The molecule has 0 aliphatic rings. The number of benzene rings is 2. The predicted octanol–water partition coefficient (Wildman–Crippen LogP) is 3.78. The molecule has 0 heterocycles. The fourth-order valence-corrected chi connectivity index (χ4v) is 2.05. The van der Waals surface area contributed by atoms with Crippen molar-refractivity contribution in [3.63, 3.8) is 0 Å². The molecule has 0 amide bonds. The second-order valence-electron chi connectivity index (χ2n) is 4.83. The highest BCUT2D eigenvalue weighted by Crippen LogP contribution is 2.33. The molecule has 0 atom stereocenters. The number of nitrogens with one attached hydrogen (secondary N) is 1. The maximum atomic E-state index is 13.1. The Morgan fingerprint density at radius 3 is 2.58 bits per heavy atom. The van der Waals surface area contributed by atoms with Crippen LogP contribution in [0, 0.1) is 5.82 Å². The molecule has 0 spiro atoms. The number of methoxy groups -OCH3 is 1. The summed E-state index contributed by atoms with van der Waals surface area (Å²) in [6, 6.07) is 9.29. The van der Waals surface area contributed by atoms with Crippen molar-refractivity contribution in [3.05, 3.63) is 59.4 Å². The number of alkyl halides is 3. The van der Waals surface area contributed by atoms with E-state index in [2.05, 4.69) is 10.3 Å². The summed E-state index contributed by atoms with van der Waals surface area (Å²) >= 11 is 0. The van der Waals surface area contributed by atoms with Gasteiger partial charge in [0.25, 0.3) is 0 Å². The molecule has 3 N–H and O–H groups in total. The number of guanidine groups is 1. The van der Waals surface area contributed by atoms with Crippen LogP contribution in [0.15, 0.2) is 47.5 Å². The standard InChI is InChI=1S/C16H15F4N3O/c1-24-14-5-3-2-4-13(14)23-15(21)22-9-10-6-7-11(17)8-12(10)16(18,19)20/h2-8H,9H2,1H3,(H3,21,22,23). The molecule has 4 nitrogen and oxygen atoms in total. The Hall–Kier alpha value is -2.77. The van der Waals surface area contributed by atoms with Gasteiger partial charge in [0.1, 0.15) is 11.6 Å². The van der Waals surface area contributed by atoms with E-state index in [1.165, 1.54) is 7.11 Å². The summed E-state index contributed by atoms with van der Waals surface area (Å²) < 4.78 is 56.9. The Bertz CT molecular complexity index is 744. The molecular weight excluding hydrogens is 326 g/mol. The summed E-state index contributed by atoms with van der Waals surface area (Å²) in [5.41, 5.74) is 4.97. The number of hydrogen-bond acceptors (Lipinski definition) is 2. The number of rotatable bonds is 4. The minimum Gasteiger partial charge on any atom is -0.495 e. The first-order chi connectivity index (χ1) is 11.3. The van der Waals surface area contributed by atoms with Crippen molar-refractivity contribution in [2.75, 3.05) is 12.4 Å². The van der Waals surface area contributed by atoms with Crippen LogP contribution in [0.1, 0.15) is 11.1 Å². The summed E-state index contributed by atoms with van der Waals surface area (Å²) in [5.74, 6) is -0.541. The van der Waals surface area contributed by atoms with Crippen molar-refractivity contribution in [1.29, 1.82) is 0 Å². The van der Waals surface area contributed by atoms with E-state index in [0.717, 1.165) is 12.1 Å². The number of aliphatic imine (C=N–C) groups is 1. The number of nitrogens with two attached hydrogens (primary N) is 1. The third-order valence-corrected chi connectivity index (χ3v) is 3.17. The molecule has 0 unspecified atom stereocenters. The smallest absolute Gasteiger partial charge is 0.416 e. The third kappa shape index (κ3) is 4.37. The highest BCUT2D eigenvalue weighted by atomic mass is 19.4. The average molecular weight is 341 g/mol. The molecule has 0 aromatic heterocycles. The van der Waals surface area contributed by atoms with Gasteiger partial charge in [0.2, 0.25) is 0 Å². The number of para-hydroxylation sites is 2. The van der Waals surface area contributed by atoms with Crippen molar-refractivity contribution in [3.8, 4) is 5.75 Å². The van der Waals surface area contributed by atoms with Crippen LogP contribution in [-0.2, 0) is 12.7 Å². The van der Waals surface area contributed by atoms with E-state index in [-0.39, 0.29) is 18.1 Å². The van der Waals surface area contributed by atoms with Gasteiger partial charge in [-0.25, -0.2) is 9.38 Å². The van der Waals surface area contributed by atoms with E-state index >= 15 is 0 Å². The molecule has 24 heavy (non-hydrogen) atoms. The topological polar surface area (TPSA) is 59.6 Å². The Morgan fingerprint density at radius 1 is 1.21 bits per heavy atom. The van der Waals surface area contributed by atoms with Crippen LogP contribution in [0.4, 0.5) is 23.2 Å². The Morgan fingerprint density at radius 2 is 1.92 bits per heavy atom. The molecule has 2 aromatic carbocycles. The lowest BCUT2D eigenvalue weighted by atomic mass is 10.1. The molecule has 0 aliphatic heterocycles. The molecule has 0 aliphatic carbocycles. The van der Waals surface area contributed by atoms with Gasteiger partial charge in [0.05, 0.1) is 24.9 Å². The fourth-order valence-electron chi connectivity index (χ4n) is 2.05. The van der Waals surface area contributed by atoms with Crippen molar-refractivity contribution in [2.45, 2.75) is 12.7 Å². The van der Waals surface area contributed by atoms with E-state index in [1.807, 2.05) is 0 Å². The Labute approximate surface area is 136 Å². The third-order valence-electron chi connectivity index (χ3n) is 3.17. The molecule has 0 bridgehead atoms. The fraction of sp³-hybridized carbons (Fsp3) is 0.188. The zero-order valence-electron chi connectivity index (χ0n) is 12.7. The van der Waals surface area contributed by atoms with Gasteiger partial charge in [0, 0.05) is 0 Å². The van der Waals surface area contributed by atoms with Crippen molar-refractivity contribution in [2.24, 2.45) is 10.7 Å². The number of ether oxygens (including phenoxy) is 1. The molecule has 128 valence electrons. The monoisotopic (exact) mass is 341 g/mol. The highest BCUT2D eigenvalue weighted by molar-refractivity contribution is 5.93. The minimum atomic E-state index is -4.67. The number of hydrogen-bond donors (Lipinski definition) is 2. The van der Waals surface area contributed by atoms with Gasteiger partial charge < -0.3 is 15.8 Å². The average Bonchev–Trinajstić information content (AvgIpc) is 2.53. The zero-order chi connectivity index (χ0) is 17.7. The number of anilines is 1. The quantitative estimate of drug-likeness (QED) is 0.505. The van der Waals surface area contributed by atoms with Crippen LogP contribution in [0.25, 0.3) is 0 Å². The van der Waals surface area contributed by atoms with Gasteiger partial charge in [-0.15, -0.1) is 0 Å². The minimum absolute atomic E-state index is 0.0862. The Balaban J connectivity index is 2.19. The number of halogens is 4. The van der Waals surface area contributed by atoms with Crippen molar-refractivity contribution < 1.29 is 22.3 Å². The first-order valence-corrected chi connectivity index (χ1v) is 6.87. The maximum Gasteiger partial charge on any atom is 0.416 e. The second kappa shape index (κ2) is 7.20. The van der Waals surface area contributed by atoms with Crippen LogP contribution >= 0.6 is 0 Å². The van der Waals surface area contributed by atoms with Gasteiger partial charge >= 0.3 is 6.18 Å². The largest absolute Gasteiger partial charge is 0.495 e. The molecule has 0 radical (unpaired) electrons. The summed E-state index contributed by atoms with van der Waals surface area (Å²) in [4.78, 5) is 3.87. The second-order valence-corrected chi connectivity index (χ2v) is 4.83. The van der Waals surface area contributed by atoms with Crippen LogP contribution in [0.3, 0.4) is 0 Å². The van der Waals surface area contributed by atoms with Crippen LogP contribution in [0.2, 0.25) is 0 Å². The van der Waals surface area contributed by atoms with Crippen LogP contribution < -0.4 is 15.8 Å². The van der Waals surface area contributed by atoms with Gasteiger partial charge in [-0.1, -0.05) is 18.2 Å². The van der Waals surface area contributed by atoms with Gasteiger partial charge in [-0.2, -0.15) is 13.2 Å². The van der Waals surface area contributed by atoms with E-state index in [1.54, 1.807) is 24.3 Å². The van der Waals surface area contributed by atoms with Crippen LogP contribution in [0.5, 0.6) is 5.75 Å². The molecule has 2 rings (SSSR count). The normalized spacial score (nSPS) is 12.1. The lowest BCUT2D eigenvalue weighted by Crippen LogP contribution is -2.23. The zero-order valence-corrected chi connectivity index (χ0v) is 12.7. The van der Waals surface area contributed by atoms with Gasteiger partial charge in [-0.05, 0) is 29.8 Å². The molecule has 0 saturated heterocycles. The van der Waals surface area contributed by atoms with Gasteiger partial charge in [-0.3, -0.25) is 0 Å². The highest BCUT2D eigenvalue weighted by Gasteiger charge is 2.33. The van der Waals surface area contributed by atoms with E-state index in [4.69, 9.17) is 10.5 Å². The predicted molar refractivity (Wildman–Crippen MR) is 83.3 cm³/mol. The SMILES string of the molecule is COc1ccccc1NC(N)=NCc1ccc(F)cc1C(F)(F)F. The van der Waals surface area contributed by atoms with E-state index in [9.17, 15) is 17.6 Å². The molecule has 0 saturated carbocycles. The lowest BCUT2D eigenvalue weighted by molar-refractivity contribution is -0.138. The lowest BCUT2D eigenvalue weighted by Gasteiger charge is -2.13. The first-order valence-electron chi connectivity index (χ1n) is 6.87.